The highest BCUT2D eigenvalue weighted by Gasteiger charge is 2.25. The summed E-state index contributed by atoms with van der Waals surface area (Å²) >= 11 is 0. The molecule has 2 unspecified atom stereocenters. The monoisotopic (exact) mass is 314 g/mol. The Morgan fingerprint density at radius 3 is 3.00 bits per heavy atom. The van der Waals surface area contributed by atoms with E-state index in [-0.39, 0.29) is 24.3 Å². The minimum atomic E-state index is -3.36. The van der Waals surface area contributed by atoms with Crippen molar-refractivity contribution in [2.75, 3.05) is 31.3 Å². The van der Waals surface area contributed by atoms with E-state index in [9.17, 15) is 8.42 Å². The number of nitrogen functional groups attached to an aromatic ring is 1. The maximum atomic E-state index is 12.0. The van der Waals surface area contributed by atoms with Gasteiger partial charge in [-0.3, -0.25) is 0 Å². The van der Waals surface area contributed by atoms with Gasteiger partial charge in [0.1, 0.15) is 12.4 Å². The summed E-state index contributed by atoms with van der Waals surface area (Å²) in [4.78, 5) is 0. The zero-order valence-corrected chi connectivity index (χ0v) is 12.9. The topological polar surface area (TPSA) is 90.7 Å². The summed E-state index contributed by atoms with van der Waals surface area (Å²) < 4.78 is 37.4. The SMILES string of the molecule is CC(NS(=O)(=O)CCOc1cccc(N)c1)C1CCOC1. The lowest BCUT2D eigenvalue weighted by Crippen LogP contribution is -2.40. The van der Waals surface area contributed by atoms with Gasteiger partial charge in [-0.05, 0) is 25.5 Å². The van der Waals surface area contributed by atoms with Gasteiger partial charge in [-0.25, -0.2) is 13.1 Å². The Hall–Kier alpha value is -1.31. The van der Waals surface area contributed by atoms with Gasteiger partial charge in [0.2, 0.25) is 10.0 Å². The fourth-order valence-electron chi connectivity index (χ4n) is 2.26. The summed E-state index contributed by atoms with van der Waals surface area (Å²) in [6, 6.07) is 6.80. The first-order valence-electron chi connectivity index (χ1n) is 7.02. The normalized spacial score (nSPS) is 20.3. The zero-order valence-electron chi connectivity index (χ0n) is 12.1. The number of anilines is 1. The second-order valence-corrected chi connectivity index (χ2v) is 7.14. The van der Waals surface area contributed by atoms with Crippen LogP contribution >= 0.6 is 0 Å². The van der Waals surface area contributed by atoms with Crippen molar-refractivity contribution in [3.63, 3.8) is 0 Å². The van der Waals surface area contributed by atoms with Crippen molar-refractivity contribution in [2.24, 2.45) is 5.92 Å². The zero-order chi connectivity index (χ0) is 15.3. The van der Waals surface area contributed by atoms with Gasteiger partial charge in [0.25, 0.3) is 0 Å². The Morgan fingerprint density at radius 2 is 2.33 bits per heavy atom. The molecule has 2 atom stereocenters. The largest absolute Gasteiger partial charge is 0.492 e. The van der Waals surface area contributed by atoms with Crippen molar-refractivity contribution in [1.29, 1.82) is 0 Å². The van der Waals surface area contributed by atoms with Gasteiger partial charge in [0.05, 0.1) is 12.4 Å². The second-order valence-electron chi connectivity index (χ2n) is 5.27. The van der Waals surface area contributed by atoms with Crippen LogP contribution in [0.3, 0.4) is 0 Å². The molecule has 2 rings (SSSR count). The summed E-state index contributed by atoms with van der Waals surface area (Å²) in [6.07, 6.45) is 0.892. The minimum Gasteiger partial charge on any atom is -0.492 e. The highest BCUT2D eigenvalue weighted by molar-refractivity contribution is 7.89. The molecule has 0 amide bonds. The maximum Gasteiger partial charge on any atom is 0.215 e. The van der Waals surface area contributed by atoms with E-state index >= 15 is 0 Å². The minimum absolute atomic E-state index is 0.0836. The molecule has 0 spiro atoms. The van der Waals surface area contributed by atoms with Gasteiger partial charge < -0.3 is 15.2 Å². The number of ether oxygens (including phenoxy) is 2. The average Bonchev–Trinajstić information content (AvgIpc) is 2.92. The van der Waals surface area contributed by atoms with Gasteiger partial charge in [-0.15, -0.1) is 0 Å². The summed E-state index contributed by atoms with van der Waals surface area (Å²) in [7, 11) is -3.36. The van der Waals surface area contributed by atoms with E-state index in [0.717, 1.165) is 6.42 Å². The van der Waals surface area contributed by atoms with Crippen LogP contribution in [0.25, 0.3) is 0 Å². The van der Waals surface area contributed by atoms with Gasteiger partial charge in [-0.2, -0.15) is 0 Å². The van der Waals surface area contributed by atoms with Crippen molar-refractivity contribution >= 4 is 15.7 Å². The van der Waals surface area contributed by atoms with E-state index in [4.69, 9.17) is 15.2 Å². The smallest absolute Gasteiger partial charge is 0.215 e. The summed E-state index contributed by atoms with van der Waals surface area (Å²) in [5, 5.41) is 0. The number of rotatable bonds is 7. The van der Waals surface area contributed by atoms with E-state index in [2.05, 4.69) is 4.72 Å². The van der Waals surface area contributed by atoms with Crippen LogP contribution in [0.4, 0.5) is 5.69 Å². The van der Waals surface area contributed by atoms with Crippen molar-refractivity contribution in [2.45, 2.75) is 19.4 Å². The molecule has 0 aromatic heterocycles. The molecule has 0 bridgehead atoms. The van der Waals surface area contributed by atoms with Crippen LogP contribution in [-0.4, -0.2) is 40.0 Å². The molecular formula is C14H22N2O4S. The highest BCUT2D eigenvalue weighted by atomic mass is 32.2. The van der Waals surface area contributed by atoms with E-state index in [1.165, 1.54) is 0 Å². The number of nitrogens with one attached hydrogen (secondary N) is 1. The van der Waals surface area contributed by atoms with Crippen LogP contribution in [0, 0.1) is 5.92 Å². The fraction of sp³-hybridized carbons (Fsp3) is 0.571. The number of hydrogen-bond acceptors (Lipinski definition) is 5. The van der Waals surface area contributed by atoms with Crippen LogP contribution in [0.5, 0.6) is 5.75 Å². The van der Waals surface area contributed by atoms with E-state index in [1.54, 1.807) is 24.3 Å². The molecule has 1 saturated heterocycles. The summed E-state index contributed by atoms with van der Waals surface area (Å²) in [5.41, 5.74) is 6.22. The summed E-state index contributed by atoms with van der Waals surface area (Å²) in [6.45, 7) is 3.28. The molecule has 1 aliphatic rings. The molecular weight excluding hydrogens is 292 g/mol. The van der Waals surface area contributed by atoms with Crippen LogP contribution in [0.15, 0.2) is 24.3 Å². The van der Waals surface area contributed by atoms with Gasteiger partial charge >= 0.3 is 0 Å². The lowest BCUT2D eigenvalue weighted by Gasteiger charge is -2.19. The Bertz CT molecular complexity index is 556. The first kappa shape index (κ1) is 16.1. The lowest BCUT2D eigenvalue weighted by atomic mass is 10.0. The summed E-state index contributed by atoms with van der Waals surface area (Å²) in [5.74, 6) is 0.733. The molecule has 1 aromatic rings. The van der Waals surface area contributed by atoms with E-state index < -0.39 is 10.0 Å². The number of hydrogen-bond donors (Lipinski definition) is 2. The van der Waals surface area contributed by atoms with Crippen LogP contribution in [-0.2, 0) is 14.8 Å². The van der Waals surface area contributed by atoms with Crippen molar-refractivity contribution in [3.8, 4) is 5.75 Å². The molecule has 0 radical (unpaired) electrons. The highest BCUT2D eigenvalue weighted by Crippen LogP contribution is 2.17. The van der Waals surface area contributed by atoms with E-state index in [0.29, 0.717) is 24.7 Å². The average molecular weight is 314 g/mol. The molecule has 118 valence electrons. The lowest BCUT2D eigenvalue weighted by molar-refractivity contribution is 0.180. The molecule has 1 fully saturated rings. The van der Waals surface area contributed by atoms with E-state index in [1.807, 2.05) is 6.92 Å². The first-order valence-corrected chi connectivity index (χ1v) is 8.67. The van der Waals surface area contributed by atoms with Crippen molar-refractivity contribution in [3.05, 3.63) is 24.3 Å². The third kappa shape index (κ3) is 5.18. The quantitative estimate of drug-likeness (QED) is 0.733. The predicted molar refractivity (Wildman–Crippen MR) is 81.7 cm³/mol. The molecule has 1 aliphatic heterocycles. The van der Waals surface area contributed by atoms with Gasteiger partial charge in [-0.1, -0.05) is 6.07 Å². The third-order valence-electron chi connectivity index (χ3n) is 3.52. The molecule has 1 aromatic carbocycles. The molecule has 21 heavy (non-hydrogen) atoms. The number of nitrogens with two attached hydrogens (primary N) is 1. The van der Waals surface area contributed by atoms with Gasteiger partial charge in [0.15, 0.2) is 0 Å². The maximum absolute atomic E-state index is 12.0. The number of benzene rings is 1. The second kappa shape index (κ2) is 7.11. The Labute approximate surface area is 125 Å². The van der Waals surface area contributed by atoms with Crippen LogP contribution in [0.2, 0.25) is 0 Å². The molecule has 7 heteroatoms. The molecule has 0 aliphatic carbocycles. The van der Waals surface area contributed by atoms with Crippen molar-refractivity contribution < 1.29 is 17.9 Å². The Kier molecular flexibility index (Phi) is 5.44. The molecule has 1 heterocycles. The standard InChI is InChI=1S/C14H22N2O4S/c1-11(12-5-6-19-10-12)16-21(17,18)8-7-20-14-4-2-3-13(15)9-14/h2-4,9,11-12,16H,5-8,10,15H2,1H3. The molecule has 0 saturated carbocycles. The Balaban J connectivity index is 1.78. The van der Waals surface area contributed by atoms with Crippen LogP contribution in [0.1, 0.15) is 13.3 Å². The molecule has 6 nitrogen and oxygen atoms in total. The van der Waals surface area contributed by atoms with Gasteiger partial charge in [0, 0.05) is 30.3 Å². The van der Waals surface area contributed by atoms with Crippen LogP contribution < -0.4 is 15.2 Å². The first-order chi connectivity index (χ1) is 9.96. The third-order valence-corrected chi connectivity index (χ3v) is 4.95. The predicted octanol–water partition coefficient (Wildman–Crippen LogP) is 0.992. The van der Waals surface area contributed by atoms with Crippen molar-refractivity contribution in [1.82, 2.24) is 4.72 Å². The molecule has 3 N–H and O–H groups in total. The fourth-order valence-corrected chi connectivity index (χ4v) is 3.44. The number of sulfonamides is 1. The Morgan fingerprint density at radius 1 is 1.52 bits per heavy atom.